The van der Waals surface area contributed by atoms with Crippen molar-refractivity contribution in [1.82, 2.24) is 9.97 Å². The number of hydrogen-bond donors (Lipinski definition) is 0. The van der Waals surface area contributed by atoms with Crippen molar-refractivity contribution < 1.29 is 34.1 Å². The van der Waals surface area contributed by atoms with Crippen LogP contribution in [0.25, 0.3) is 66.0 Å². The van der Waals surface area contributed by atoms with Crippen LogP contribution in [0.1, 0.15) is 90.0 Å². The Labute approximate surface area is 389 Å². The molecule has 0 amide bonds. The van der Waals surface area contributed by atoms with E-state index in [0.29, 0.717) is 46.2 Å². The van der Waals surface area contributed by atoms with Gasteiger partial charge in [-0.15, -0.1) is 53.6 Å². The number of benzene rings is 5. The van der Waals surface area contributed by atoms with Crippen molar-refractivity contribution >= 4 is 70.0 Å². The monoisotopic (exact) mass is 1020 g/mol. The van der Waals surface area contributed by atoms with E-state index in [9.17, 15) is 1.37 Å². The summed E-state index contributed by atoms with van der Waals surface area (Å²) in [4.78, 5) is 9.18. The second-order valence-electron chi connectivity index (χ2n) is 19.4. The van der Waals surface area contributed by atoms with Crippen LogP contribution in [-0.4, -0.2) is 26.1 Å². The molecule has 2 saturated carbocycles. The average Bonchev–Trinajstić information content (AvgIpc) is 3.69. The maximum atomic E-state index is 9.69. The zero-order valence-corrected chi connectivity index (χ0v) is 40.7. The summed E-state index contributed by atoms with van der Waals surface area (Å²) in [6.45, 7) is 9.54. The van der Waals surface area contributed by atoms with Gasteiger partial charge in [0.25, 0.3) is 0 Å². The van der Waals surface area contributed by atoms with E-state index in [1.54, 1.807) is 12.1 Å². The van der Waals surface area contributed by atoms with Gasteiger partial charge in [-0.25, -0.2) is 0 Å². The van der Waals surface area contributed by atoms with Crippen LogP contribution >= 0.6 is 0 Å². The zero-order chi connectivity index (χ0) is 47.7. The molecule has 3 aromatic heterocycles. The first-order valence-corrected chi connectivity index (χ1v) is 28.8. The van der Waals surface area contributed by atoms with Gasteiger partial charge >= 0.3 is 0 Å². The predicted octanol–water partition coefficient (Wildman–Crippen LogP) is 14.6. The molecule has 2 aliphatic carbocycles. The molecule has 8 aromatic rings. The fourth-order valence-electron chi connectivity index (χ4n) is 9.62. The van der Waals surface area contributed by atoms with Crippen LogP contribution in [0.4, 0.5) is 0 Å². The standard InChI is InChI=1S/C40H42NOSi.C15H18NSi.Ir/c1-26-25-41-37(24-36(26)27-17-21-40(22-18-27)19-6-5-7-20-40)35-10-8-9-32-34-16-15-31-30-14-12-29(43(2,3)4)23-28(30)11-13-33(31)38(34)42-39(32)35;1-12-5-7-13(8-6-12)15-10-9-14(11-16-15)17(2,3)4;/h8-9,11-16,23-25,27H,5-7,17-22H2,1-4H3;5-7,9-11H,1-4H3;/q2*-1;/i1D3,27D;1D3;. The van der Waals surface area contributed by atoms with Gasteiger partial charge in [0.2, 0.25) is 0 Å². The van der Waals surface area contributed by atoms with E-state index in [2.05, 4.69) is 105 Å². The summed E-state index contributed by atoms with van der Waals surface area (Å²) in [6, 6.07) is 36.8. The Hall–Kier alpha value is -4.20. The van der Waals surface area contributed by atoms with E-state index in [4.69, 9.17) is 17.6 Å². The van der Waals surface area contributed by atoms with Gasteiger partial charge in [0.1, 0.15) is 5.58 Å². The molecule has 3 heterocycles. The van der Waals surface area contributed by atoms with Gasteiger partial charge in [-0.3, -0.25) is 0 Å². The van der Waals surface area contributed by atoms with Gasteiger partial charge < -0.3 is 14.4 Å². The third-order valence-corrected chi connectivity index (χ3v) is 17.4. The van der Waals surface area contributed by atoms with Gasteiger partial charge in [0.15, 0.2) is 0 Å². The molecule has 5 aromatic carbocycles. The molecule has 0 saturated heterocycles. The molecule has 0 bridgehead atoms. The quantitative estimate of drug-likeness (QED) is 0.0980. The maximum absolute atomic E-state index is 9.69. The molecule has 6 heteroatoms. The van der Waals surface area contributed by atoms with E-state index in [-0.39, 0.29) is 25.7 Å². The molecule has 61 heavy (non-hydrogen) atoms. The van der Waals surface area contributed by atoms with Crippen molar-refractivity contribution in [2.45, 2.75) is 117 Å². The van der Waals surface area contributed by atoms with E-state index in [1.807, 2.05) is 30.5 Å². The van der Waals surface area contributed by atoms with Crippen molar-refractivity contribution in [3.63, 3.8) is 0 Å². The van der Waals surface area contributed by atoms with Crippen LogP contribution in [0.2, 0.25) is 39.3 Å². The molecule has 2 fully saturated rings. The summed E-state index contributed by atoms with van der Waals surface area (Å²) in [7, 11) is -2.78. The molecule has 0 N–H and O–H groups in total. The Morgan fingerprint density at radius 1 is 0.656 bits per heavy atom. The van der Waals surface area contributed by atoms with Crippen LogP contribution in [-0.2, 0) is 20.1 Å². The Morgan fingerprint density at radius 3 is 2.03 bits per heavy atom. The number of fused-ring (bicyclic) bond motifs is 7. The van der Waals surface area contributed by atoms with Gasteiger partial charge in [-0.05, 0) is 101 Å². The fraction of sp³-hybridized carbons (Fsp3) is 0.345. The molecule has 1 spiro atoms. The summed E-state index contributed by atoms with van der Waals surface area (Å²) in [5.41, 5.74) is 5.89. The number of furan rings is 1. The van der Waals surface area contributed by atoms with Crippen LogP contribution < -0.4 is 10.4 Å². The van der Waals surface area contributed by atoms with E-state index in [0.717, 1.165) is 51.2 Å². The molecule has 0 atom stereocenters. The number of aromatic nitrogens is 2. The van der Waals surface area contributed by atoms with E-state index >= 15 is 0 Å². The summed E-state index contributed by atoms with van der Waals surface area (Å²) in [5, 5.41) is 9.44. The molecular weight excluding hydrogens is 953 g/mol. The van der Waals surface area contributed by atoms with Crippen LogP contribution in [0, 0.1) is 31.3 Å². The van der Waals surface area contributed by atoms with Gasteiger partial charge in [0, 0.05) is 52.9 Å². The van der Waals surface area contributed by atoms with Gasteiger partial charge in [-0.1, -0.05) is 142 Å². The Morgan fingerprint density at radius 2 is 1.34 bits per heavy atom. The molecular formula is C55H60IrN2OSi2-2. The smallest absolute Gasteiger partial charge is 0.128 e. The van der Waals surface area contributed by atoms with Crippen molar-refractivity contribution in [2.24, 2.45) is 5.41 Å². The Balaban J connectivity index is 0.000000251. The van der Waals surface area contributed by atoms with Crippen molar-refractivity contribution in [3.8, 4) is 22.5 Å². The van der Waals surface area contributed by atoms with Crippen molar-refractivity contribution in [1.29, 1.82) is 0 Å². The Kier molecular flexibility index (Phi) is 9.93. The summed E-state index contributed by atoms with van der Waals surface area (Å²) >= 11 is 0. The SMILES string of the molecule is [2H]C([2H])([2H])c1c[c-]c(-c2ccc([Si](C)(C)C)cn2)cc1.[2H]C([2H])([2H])c1cnc(-c2[c-]ccc3c2oc2c3ccc3c4ccc([Si](C)(C)C)cc4ccc32)cc1C1([2H])CCC2(CCCCC2)CC1.[Ir]. The molecule has 0 unspecified atom stereocenters. The van der Waals surface area contributed by atoms with Crippen LogP contribution in [0.15, 0.2) is 108 Å². The normalized spacial score (nSPS) is 18.5. The van der Waals surface area contributed by atoms with Crippen LogP contribution in [0.3, 0.4) is 0 Å². The van der Waals surface area contributed by atoms with E-state index < -0.39 is 35.7 Å². The first-order valence-electron chi connectivity index (χ1n) is 25.3. The number of pyridine rings is 2. The Bertz CT molecular complexity index is 3060. The molecule has 315 valence electrons. The third kappa shape index (κ3) is 8.76. The minimum atomic E-state index is -2.35. The van der Waals surface area contributed by atoms with Gasteiger partial charge in [0.05, 0.1) is 21.7 Å². The number of nitrogens with zero attached hydrogens (tertiary/aromatic N) is 2. The predicted molar refractivity (Wildman–Crippen MR) is 261 cm³/mol. The van der Waals surface area contributed by atoms with Crippen molar-refractivity contribution in [2.75, 3.05) is 0 Å². The van der Waals surface area contributed by atoms with Crippen molar-refractivity contribution in [3.05, 3.63) is 132 Å². The second kappa shape index (κ2) is 17.2. The molecule has 0 aliphatic heterocycles. The largest absolute Gasteiger partial charge is 0.500 e. The second-order valence-corrected chi connectivity index (χ2v) is 29.6. The number of rotatable bonds is 5. The van der Waals surface area contributed by atoms with Crippen LogP contribution in [0.5, 0.6) is 0 Å². The number of aryl methyl sites for hydroxylation is 2. The topological polar surface area (TPSA) is 38.9 Å². The maximum Gasteiger partial charge on any atom is 0.128 e. The molecule has 2 aliphatic rings. The minimum absolute atomic E-state index is 0. The number of hydrogen-bond acceptors (Lipinski definition) is 3. The molecule has 10 rings (SSSR count). The van der Waals surface area contributed by atoms with E-state index in [1.165, 1.54) is 65.5 Å². The summed E-state index contributed by atoms with van der Waals surface area (Å²) < 4.78 is 63.5. The minimum Gasteiger partial charge on any atom is -0.500 e. The average molecular weight is 1020 g/mol. The third-order valence-electron chi connectivity index (χ3n) is 13.4. The first-order chi connectivity index (χ1) is 31.5. The fourth-order valence-corrected chi connectivity index (χ4v) is 11.8. The zero-order valence-electron chi connectivity index (χ0n) is 43.3. The molecule has 3 nitrogen and oxygen atoms in total. The summed E-state index contributed by atoms with van der Waals surface area (Å²) in [5.74, 6) is -0.960. The van der Waals surface area contributed by atoms with Gasteiger partial charge in [-0.2, -0.15) is 0 Å². The summed E-state index contributed by atoms with van der Waals surface area (Å²) in [6.07, 6.45) is 13.1. The first kappa shape index (κ1) is 35.3. The molecule has 1 radical (unpaired) electrons.